The Morgan fingerprint density at radius 1 is 0.847 bits per heavy atom. The first-order valence-electron chi connectivity index (χ1n) is 23.6. The Morgan fingerprint density at radius 3 is 2.21 bits per heavy atom. The van der Waals surface area contributed by atoms with Gasteiger partial charge < -0.3 is 58.2 Å². The molecule has 3 aromatic rings. The number of benzene rings is 1. The number of anilines is 1. The summed E-state index contributed by atoms with van der Waals surface area (Å²) in [6, 6.07) is 5.21. The van der Waals surface area contributed by atoms with Crippen LogP contribution in [0.4, 0.5) is 20.2 Å². The zero-order chi connectivity index (χ0) is 51.5. The number of fused-ring (bicyclic) bond motifs is 1. The van der Waals surface area contributed by atoms with Crippen molar-refractivity contribution in [1.82, 2.24) is 30.2 Å². The molecule has 72 heavy (non-hydrogen) atoms. The second-order valence-electron chi connectivity index (χ2n) is 17.6. The molecule has 2 amide bonds. The van der Waals surface area contributed by atoms with Crippen LogP contribution in [0, 0.1) is 18.3 Å². The van der Waals surface area contributed by atoms with Crippen LogP contribution in [0.15, 0.2) is 57.4 Å². The maximum absolute atomic E-state index is 14.8. The average Bonchev–Trinajstić information content (AvgIpc) is 4.20. The van der Waals surface area contributed by atoms with Crippen molar-refractivity contribution in [3.05, 3.63) is 42.5 Å². The molecule has 5 heterocycles. The SMILES string of the molecule is C#CCOCCC(=O)CCCOCCOCCNC(=O)N[C@@H](Cc1ccc(OC)cc1)C(=O)C[C@H]1C(OC(=O)OCCC2(C)N=N2)C(n2cnc3c(N(C)C)ncnc32)O[C@@H]1COC(=O)OCCC1(C)N=N1. The Morgan fingerprint density at radius 2 is 1.54 bits per heavy atom. The number of methoxy groups -OCH3 is 1. The second kappa shape index (κ2) is 26.5. The van der Waals surface area contributed by atoms with Gasteiger partial charge in [-0.2, -0.15) is 20.5 Å². The van der Waals surface area contributed by atoms with E-state index in [2.05, 4.69) is 52.0 Å². The third-order valence-corrected chi connectivity index (χ3v) is 11.7. The molecule has 2 aromatic heterocycles. The van der Waals surface area contributed by atoms with Crippen LogP contribution in [0.2, 0.25) is 0 Å². The Hall–Kier alpha value is -6.88. The number of urea groups is 1. The molecule has 0 aliphatic carbocycles. The summed E-state index contributed by atoms with van der Waals surface area (Å²) >= 11 is 0. The van der Waals surface area contributed by atoms with Crippen molar-refractivity contribution in [3.63, 3.8) is 0 Å². The molecular formula is C47H63N11O14. The van der Waals surface area contributed by atoms with Crippen LogP contribution in [-0.2, 0) is 53.9 Å². The number of imidazole rings is 1. The van der Waals surface area contributed by atoms with Gasteiger partial charge in [0.2, 0.25) is 0 Å². The summed E-state index contributed by atoms with van der Waals surface area (Å²) in [4.78, 5) is 81.9. The number of ketones is 2. The largest absolute Gasteiger partial charge is 0.508 e. The Labute approximate surface area is 416 Å². The molecule has 390 valence electrons. The quantitative estimate of drug-likeness (QED) is 0.0493. The van der Waals surface area contributed by atoms with E-state index in [1.807, 2.05) is 0 Å². The number of terminal acetylenes is 1. The maximum atomic E-state index is 14.8. The van der Waals surface area contributed by atoms with E-state index in [0.717, 1.165) is 0 Å². The van der Waals surface area contributed by atoms with Crippen molar-refractivity contribution in [2.24, 2.45) is 26.4 Å². The van der Waals surface area contributed by atoms with Gasteiger partial charge in [-0.1, -0.05) is 18.1 Å². The first kappa shape index (κ1) is 54.5. The van der Waals surface area contributed by atoms with Gasteiger partial charge in [0, 0.05) is 65.3 Å². The van der Waals surface area contributed by atoms with Crippen molar-refractivity contribution in [3.8, 4) is 18.1 Å². The van der Waals surface area contributed by atoms with Crippen LogP contribution < -0.4 is 20.3 Å². The normalized spacial score (nSPS) is 19.2. The number of hydrogen-bond donors (Lipinski definition) is 2. The van der Waals surface area contributed by atoms with Crippen LogP contribution in [-0.4, -0.2) is 166 Å². The molecule has 3 aliphatic heterocycles. The molecule has 3 aliphatic rings. The van der Waals surface area contributed by atoms with E-state index >= 15 is 0 Å². The smallest absolute Gasteiger partial charge is 0.497 e. The van der Waals surface area contributed by atoms with Gasteiger partial charge in [0.05, 0.1) is 59.1 Å². The number of carbonyl (C=O) groups excluding carboxylic acids is 5. The molecular weight excluding hydrogens is 943 g/mol. The van der Waals surface area contributed by atoms with E-state index in [9.17, 15) is 24.0 Å². The fourth-order valence-electron chi connectivity index (χ4n) is 7.48. The van der Waals surface area contributed by atoms with Crippen LogP contribution in [0.1, 0.15) is 64.2 Å². The van der Waals surface area contributed by atoms with Gasteiger partial charge in [-0.25, -0.2) is 29.3 Å². The van der Waals surface area contributed by atoms with Crippen LogP contribution in [0.5, 0.6) is 5.75 Å². The van der Waals surface area contributed by atoms with Gasteiger partial charge in [-0.05, 0) is 44.4 Å². The molecule has 0 saturated carbocycles. The number of aromatic nitrogens is 4. The summed E-state index contributed by atoms with van der Waals surface area (Å²) in [5.41, 5.74) is 0.148. The second-order valence-corrected chi connectivity index (χ2v) is 17.6. The summed E-state index contributed by atoms with van der Waals surface area (Å²) in [6.45, 7) is 4.64. The minimum Gasteiger partial charge on any atom is -0.497 e. The number of amides is 2. The molecule has 1 aromatic carbocycles. The van der Waals surface area contributed by atoms with Crippen molar-refractivity contribution in [2.45, 2.75) is 94.6 Å². The zero-order valence-electron chi connectivity index (χ0n) is 41.2. The fourth-order valence-corrected chi connectivity index (χ4v) is 7.48. The molecule has 5 atom stereocenters. The summed E-state index contributed by atoms with van der Waals surface area (Å²) < 4.78 is 52.2. The predicted octanol–water partition coefficient (Wildman–Crippen LogP) is 4.53. The average molecular weight is 1010 g/mol. The molecule has 0 bridgehead atoms. The van der Waals surface area contributed by atoms with Crippen molar-refractivity contribution >= 4 is 46.9 Å². The van der Waals surface area contributed by atoms with E-state index in [1.54, 1.807) is 61.7 Å². The number of nitrogens with zero attached hydrogens (tertiary/aromatic N) is 9. The lowest BCUT2D eigenvalue weighted by atomic mass is 9.88. The Bertz CT molecular complexity index is 2400. The number of hydrogen-bond acceptors (Lipinski definition) is 22. The first-order chi connectivity index (χ1) is 34.7. The lowest BCUT2D eigenvalue weighted by Gasteiger charge is -2.26. The van der Waals surface area contributed by atoms with Gasteiger partial charge in [0.15, 0.2) is 46.4 Å². The van der Waals surface area contributed by atoms with Crippen LogP contribution in [0.3, 0.4) is 0 Å². The minimum atomic E-state index is -1.28. The highest BCUT2D eigenvalue weighted by Crippen LogP contribution is 2.41. The fraction of sp³-hybridized carbons (Fsp3) is 0.617. The molecule has 2 unspecified atom stereocenters. The monoisotopic (exact) mass is 1010 g/mol. The maximum Gasteiger partial charge on any atom is 0.508 e. The van der Waals surface area contributed by atoms with Crippen LogP contribution in [0.25, 0.3) is 11.2 Å². The van der Waals surface area contributed by atoms with Gasteiger partial charge >= 0.3 is 18.3 Å². The molecule has 2 N–H and O–H groups in total. The van der Waals surface area contributed by atoms with Crippen molar-refractivity contribution in [2.75, 3.05) is 92.1 Å². The van der Waals surface area contributed by atoms with Gasteiger partial charge in [-0.15, -0.1) is 6.42 Å². The van der Waals surface area contributed by atoms with Gasteiger partial charge in [0.1, 0.15) is 37.2 Å². The lowest BCUT2D eigenvalue weighted by Crippen LogP contribution is -2.49. The highest BCUT2D eigenvalue weighted by Gasteiger charge is 2.51. The molecule has 0 radical (unpaired) electrons. The number of rotatable bonds is 32. The zero-order valence-corrected chi connectivity index (χ0v) is 41.2. The number of Topliss-reactive ketones (excluding diaryl/α,β-unsaturated/α-hetero) is 2. The number of ether oxygens (including phenoxy) is 9. The lowest BCUT2D eigenvalue weighted by molar-refractivity contribution is -0.123. The molecule has 1 fully saturated rings. The number of nitrogens with one attached hydrogen (secondary N) is 2. The molecule has 25 nitrogen and oxygen atoms in total. The van der Waals surface area contributed by atoms with Gasteiger partial charge in [0.25, 0.3) is 0 Å². The topological polar surface area (TPSA) is 289 Å². The van der Waals surface area contributed by atoms with E-state index in [0.29, 0.717) is 67.0 Å². The standard InChI is InChI=1S/C47H63N11O14/c1-7-18-65-20-14-32(59)9-8-19-66-24-25-67-23-17-48-43(61)52-35(26-31-10-12-33(64-6)13-11-31)36(60)27-34-37(28-70-44(62)68-21-15-46(2)53-54-46)71-42(39(34)72-45(63)69-22-16-47(3)55-56-47)58-30-51-38-40(57(4)5)49-29-50-41(38)58/h1,10-13,29-30,34-35,37,39,42H,8-9,14-28H2,2-6H3,(H2,48,52,61)/t34-,35+,37-,39?,42?/m1/s1. The Balaban J connectivity index is 1.15. The van der Waals surface area contributed by atoms with E-state index in [-0.39, 0.29) is 71.4 Å². The van der Waals surface area contributed by atoms with Gasteiger partial charge in [-0.3, -0.25) is 14.2 Å². The molecule has 1 saturated heterocycles. The Kier molecular flexibility index (Phi) is 20.1. The van der Waals surface area contributed by atoms with Crippen molar-refractivity contribution in [1.29, 1.82) is 0 Å². The third-order valence-electron chi connectivity index (χ3n) is 11.7. The minimum absolute atomic E-state index is 0.0252. The summed E-state index contributed by atoms with van der Waals surface area (Å²) in [5.74, 6) is 2.01. The van der Waals surface area contributed by atoms with E-state index in [4.69, 9.17) is 49.1 Å². The number of carbonyl (C=O) groups is 5. The predicted molar refractivity (Wildman–Crippen MR) is 253 cm³/mol. The summed E-state index contributed by atoms with van der Waals surface area (Å²) in [6.07, 6.45) is 3.84. The van der Waals surface area contributed by atoms with Crippen molar-refractivity contribution < 1.29 is 66.6 Å². The first-order valence-corrected chi connectivity index (χ1v) is 23.6. The van der Waals surface area contributed by atoms with Crippen LogP contribution >= 0.6 is 0 Å². The van der Waals surface area contributed by atoms with E-state index < -0.39 is 72.5 Å². The third kappa shape index (κ3) is 16.9. The summed E-state index contributed by atoms with van der Waals surface area (Å²) in [7, 11) is 5.12. The highest BCUT2D eigenvalue weighted by molar-refractivity contribution is 5.89. The highest BCUT2D eigenvalue weighted by atomic mass is 16.7. The molecule has 0 spiro atoms. The van der Waals surface area contributed by atoms with E-state index in [1.165, 1.54) is 19.8 Å². The summed E-state index contributed by atoms with van der Waals surface area (Å²) in [5, 5.41) is 21.3. The molecule has 25 heteroatoms. The molecule has 6 rings (SSSR count).